The highest BCUT2D eigenvalue weighted by atomic mass is 15.1. The van der Waals surface area contributed by atoms with Gasteiger partial charge in [-0.2, -0.15) is 0 Å². The summed E-state index contributed by atoms with van der Waals surface area (Å²) in [5.74, 6) is 0.844. The van der Waals surface area contributed by atoms with Gasteiger partial charge in [-0.25, -0.2) is 9.97 Å². The minimum atomic E-state index is 0.728. The molecule has 0 saturated carbocycles. The van der Waals surface area contributed by atoms with E-state index in [1.54, 1.807) is 6.20 Å². The van der Waals surface area contributed by atoms with Crippen molar-refractivity contribution < 1.29 is 0 Å². The third-order valence-corrected chi connectivity index (χ3v) is 2.83. The molecule has 2 N–H and O–H groups in total. The van der Waals surface area contributed by atoms with Crippen molar-refractivity contribution in [3.8, 4) is 11.4 Å². The molecule has 0 aliphatic rings. The highest BCUT2D eigenvalue weighted by Crippen LogP contribution is 2.26. The number of nitrogens with zero attached hydrogens (tertiary/aromatic N) is 3. The van der Waals surface area contributed by atoms with Gasteiger partial charge in [-0.05, 0) is 24.3 Å². The zero-order chi connectivity index (χ0) is 11.8. The average Bonchev–Trinajstić information content (AvgIpc) is 2.68. The molecule has 0 fully saturated rings. The van der Waals surface area contributed by atoms with E-state index in [4.69, 9.17) is 5.73 Å². The van der Waals surface area contributed by atoms with Crippen LogP contribution in [0.25, 0.3) is 22.6 Å². The Labute approximate surface area is 98.7 Å². The number of pyridine rings is 1. The van der Waals surface area contributed by atoms with E-state index < -0.39 is 0 Å². The fourth-order valence-corrected chi connectivity index (χ4v) is 1.97. The number of para-hydroxylation sites is 1. The normalized spacial score (nSPS) is 10.9. The van der Waals surface area contributed by atoms with Crippen LogP contribution in [0.3, 0.4) is 0 Å². The Kier molecular flexibility index (Phi) is 2.08. The van der Waals surface area contributed by atoms with Crippen LogP contribution in [0.4, 0.5) is 5.69 Å². The van der Waals surface area contributed by atoms with Gasteiger partial charge in [0, 0.05) is 24.5 Å². The summed E-state index contributed by atoms with van der Waals surface area (Å²) in [7, 11) is 1.95. The molecule has 3 aromatic rings. The van der Waals surface area contributed by atoms with Gasteiger partial charge in [-0.15, -0.1) is 0 Å². The van der Waals surface area contributed by atoms with Crippen LogP contribution < -0.4 is 5.73 Å². The van der Waals surface area contributed by atoms with E-state index in [9.17, 15) is 0 Å². The molecule has 0 bridgehead atoms. The fraction of sp³-hybridized carbons (Fsp3) is 0.0769. The molecule has 84 valence electrons. The second-order valence-corrected chi connectivity index (χ2v) is 3.93. The first-order valence-electron chi connectivity index (χ1n) is 5.39. The SMILES string of the molecule is Cn1c(-c2ccccc2N)nc2cccnc21. The Bertz CT molecular complexity index is 685. The molecule has 1 aromatic carbocycles. The van der Waals surface area contributed by atoms with Gasteiger partial charge in [0.05, 0.1) is 0 Å². The van der Waals surface area contributed by atoms with Crippen molar-refractivity contribution in [2.75, 3.05) is 5.73 Å². The maximum absolute atomic E-state index is 5.97. The molecule has 0 aliphatic heterocycles. The lowest BCUT2D eigenvalue weighted by Crippen LogP contribution is -1.97. The Morgan fingerprint density at radius 2 is 1.94 bits per heavy atom. The predicted octanol–water partition coefficient (Wildman–Crippen LogP) is 2.22. The molecule has 2 aromatic heterocycles. The van der Waals surface area contributed by atoms with Crippen molar-refractivity contribution in [3.63, 3.8) is 0 Å². The first-order chi connectivity index (χ1) is 8.27. The second kappa shape index (κ2) is 3.59. The summed E-state index contributed by atoms with van der Waals surface area (Å²) in [5, 5.41) is 0. The van der Waals surface area contributed by atoms with E-state index in [0.717, 1.165) is 28.2 Å². The van der Waals surface area contributed by atoms with E-state index in [2.05, 4.69) is 9.97 Å². The lowest BCUT2D eigenvalue weighted by molar-refractivity contribution is 0.942. The third kappa shape index (κ3) is 1.45. The number of benzene rings is 1. The molecule has 0 unspecified atom stereocenters. The largest absolute Gasteiger partial charge is 0.398 e. The molecule has 2 heterocycles. The minimum Gasteiger partial charge on any atom is -0.398 e. The second-order valence-electron chi connectivity index (χ2n) is 3.93. The molecule has 0 amide bonds. The molecule has 0 aliphatic carbocycles. The van der Waals surface area contributed by atoms with Gasteiger partial charge in [0.15, 0.2) is 5.65 Å². The third-order valence-electron chi connectivity index (χ3n) is 2.83. The fourth-order valence-electron chi connectivity index (χ4n) is 1.97. The van der Waals surface area contributed by atoms with Gasteiger partial charge in [0.2, 0.25) is 0 Å². The van der Waals surface area contributed by atoms with Crippen molar-refractivity contribution in [3.05, 3.63) is 42.6 Å². The van der Waals surface area contributed by atoms with Crippen LogP contribution in [0.2, 0.25) is 0 Å². The summed E-state index contributed by atoms with van der Waals surface area (Å²) in [6, 6.07) is 11.6. The lowest BCUT2D eigenvalue weighted by atomic mass is 10.2. The van der Waals surface area contributed by atoms with Crippen LogP contribution in [-0.4, -0.2) is 14.5 Å². The molecule has 0 atom stereocenters. The van der Waals surface area contributed by atoms with Crippen molar-refractivity contribution in [2.45, 2.75) is 0 Å². The van der Waals surface area contributed by atoms with E-state index in [-0.39, 0.29) is 0 Å². The lowest BCUT2D eigenvalue weighted by Gasteiger charge is -2.04. The molecule has 17 heavy (non-hydrogen) atoms. The number of nitrogen functional groups attached to an aromatic ring is 1. The number of hydrogen-bond donors (Lipinski definition) is 1. The monoisotopic (exact) mass is 224 g/mol. The zero-order valence-electron chi connectivity index (χ0n) is 9.46. The summed E-state index contributed by atoms with van der Waals surface area (Å²) in [6.07, 6.45) is 1.77. The molecule has 3 rings (SSSR count). The van der Waals surface area contributed by atoms with Gasteiger partial charge >= 0.3 is 0 Å². The Hall–Kier alpha value is -2.36. The van der Waals surface area contributed by atoms with E-state index in [1.807, 2.05) is 48.0 Å². The highest BCUT2D eigenvalue weighted by molar-refractivity contribution is 5.80. The Morgan fingerprint density at radius 1 is 1.12 bits per heavy atom. The van der Waals surface area contributed by atoms with Crippen LogP contribution in [0.1, 0.15) is 0 Å². The number of aromatic nitrogens is 3. The number of rotatable bonds is 1. The maximum atomic E-state index is 5.97. The topological polar surface area (TPSA) is 56.7 Å². The molecular formula is C13H12N4. The van der Waals surface area contributed by atoms with E-state index in [1.165, 1.54) is 0 Å². The number of imidazole rings is 1. The van der Waals surface area contributed by atoms with Crippen molar-refractivity contribution in [1.29, 1.82) is 0 Å². The average molecular weight is 224 g/mol. The number of anilines is 1. The van der Waals surface area contributed by atoms with Crippen molar-refractivity contribution >= 4 is 16.9 Å². The first-order valence-corrected chi connectivity index (χ1v) is 5.39. The summed E-state index contributed by atoms with van der Waals surface area (Å²) in [6.45, 7) is 0. The van der Waals surface area contributed by atoms with Gasteiger partial charge in [-0.3, -0.25) is 0 Å². The van der Waals surface area contributed by atoms with Crippen LogP contribution >= 0.6 is 0 Å². The van der Waals surface area contributed by atoms with Crippen LogP contribution in [0.5, 0.6) is 0 Å². The van der Waals surface area contributed by atoms with Crippen LogP contribution in [-0.2, 0) is 7.05 Å². The van der Waals surface area contributed by atoms with Crippen molar-refractivity contribution in [1.82, 2.24) is 14.5 Å². The summed E-state index contributed by atoms with van der Waals surface area (Å²) >= 11 is 0. The highest BCUT2D eigenvalue weighted by Gasteiger charge is 2.11. The maximum Gasteiger partial charge on any atom is 0.159 e. The van der Waals surface area contributed by atoms with E-state index in [0.29, 0.717) is 0 Å². The van der Waals surface area contributed by atoms with Gasteiger partial charge < -0.3 is 10.3 Å². The molecular weight excluding hydrogens is 212 g/mol. The van der Waals surface area contributed by atoms with Gasteiger partial charge in [-0.1, -0.05) is 12.1 Å². The number of nitrogens with two attached hydrogens (primary N) is 1. The smallest absolute Gasteiger partial charge is 0.159 e. The van der Waals surface area contributed by atoms with Crippen LogP contribution in [0, 0.1) is 0 Å². The Balaban J connectivity index is 2.32. The predicted molar refractivity (Wildman–Crippen MR) is 68.4 cm³/mol. The number of aryl methyl sites for hydroxylation is 1. The summed E-state index contributed by atoms with van der Waals surface area (Å²) in [4.78, 5) is 8.88. The first kappa shape index (κ1) is 9.84. The standard InChI is InChI=1S/C13H12N4/c1-17-12(9-5-2-3-6-10(9)14)16-11-7-4-8-15-13(11)17/h2-8H,14H2,1H3. The number of hydrogen-bond acceptors (Lipinski definition) is 3. The van der Waals surface area contributed by atoms with E-state index >= 15 is 0 Å². The zero-order valence-corrected chi connectivity index (χ0v) is 9.46. The molecule has 0 radical (unpaired) electrons. The summed E-state index contributed by atoms with van der Waals surface area (Å²) in [5.41, 5.74) is 9.38. The summed E-state index contributed by atoms with van der Waals surface area (Å²) < 4.78 is 1.96. The molecule has 4 heteroatoms. The number of fused-ring (bicyclic) bond motifs is 1. The minimum absolute atomic E-state index is 0.728. The van der Waals surface area contributed by atoms with Crippen LogP contribution in [0.15, 0.2) is 42.6 Å². The van der Waals surface area contributed by atoms with Gasteiger partial charge in [0.25, 0.3) is 0 Å². The van der Waals surface area contributed by atoms with Crippen molar-refractivity contribution in [2.24, 2.45) is 7.05 Å². The molecule has 0 saturated heterocycles. The molecule has 0 spiro atoms. The molecule has 4 nitrogen and oxygen atoms in total. The Morgan fingerprint density at radius 3 is 2.71 bits per heavy atom. The van der Waals surface area contributed by atoms with Gasteiger partial charge in [0.1, 0.15) is 11.3 Å². The quantitative estimate of drug-likeness (QED) is 0.645.